The number of sulfonamides is 1. The second-order valence-electron chi connectivity index (χ2n) is 8.34. The molecule has 194 valence electrons. The zero-order chi connectivity index (χ0) is 27.0. The maximum Gasteiger partial charge on any atom is 0.338 e. The van der Waals surface area contributed by atoms with Crippen LogP contribution in [0.3, 0.4) is 0 Å². The number of halogens is 1. The van der Waals surface area contributed by atoms with Crippen molar-refractivity contribution < 1.29 is 17.9 Å². The van der Waals surface area contributed by atoms with Crippen LogP contribution in [-0.4, -0.2) is 28.7 Å². The average molecular weight is 569 g/mol. The molecule has 5 aromatic rings. The average Bonchev–Trinajstić information content (AvgIpc) is 3.42. The maximum atomic E-state index is 13.3. The Kier molecular flexibility index (Phi) is 6.82. The van der Waals surface area contributed by atoms with Crippen molar-refractivity contribution in [3.63, 3.8) is 0 Å². The highest BCUT2D eigenvalue weighted by atomic mass is 35.5. The van der Waals surface area contributed by atoms with E-state index in [1.165, 1.54) is 28.2 Å². The van der Waals surface area contributed by atoms with E-state index in [2.05, 4.69) is 9.71 Å². The highest BCUT2D eigenvalue weighted by Gasteiger charge is 2.25. The molecular weight excluding hydrogens is 548 g/mol. The summed E-state index contributed by atoms with van der Waals surface area (Å²) in [7, 11) is -2.69. The molecule has 2 aromatic heterocycles. The molecule has 0 atom stereocenters. The van der Waals surface area contributed by atoms with Gasteiger partial charge in [-0.15, -0.1) is 11.3 Å². The van der Waals surface area contributed by atoms with E-state index in [0.717, 1.165) is 16.3 Å². The first-order valence-electron chi connectivity index (χ1n) is 11.3. The zero-order valence-corrected chi connectivity index (χ0v) is 22.6. The van der Waals surface area contributed by atoms with Gasteiger partial charge in [0, 0.05) is 7.05 Å². The van der Waals surface area contributed by atoms with E-state index in [1.807, 2.05) is 30.3 Å². The number of hydrogen-bond acceptors (Lipinski definition) is 7. The van der Waals surface area contributed by atoms with Crippen molar-refractivity contribution in [3.05, 3.63) is 104 Å². The molecule has 9 nitrogen and oxygen atoms in total. The maximum absolute atomic E-state index is 13.3. The van der Waals surface area contributed by atoms with Gasteiger partial charge in [-0.1, -0.05) is 41.9 Å². The summed E-state index contributed by atoms with van der Waals surface area (Å²) in [4.78, 5) is 30.0. The molecule has 0 radical (unpaired) electrons. The van der Waals surface area contributed by atoms with Gasteiger partial charge in [0.2, 0.25) is 0 Å². The van der Waals surface area contributed by atoms with Crippen LogP contribution in [0.15, 0.2) is 82.5 Å². The van der Waals surface area contributed by atoms with Gasteiger partial charge in [-0.25, -0.2) is 22.9 Å². The lowest BCUT2D eigenvalue weighted by atomic mass is 10.2. The van der Waals surface area contributed by atoms with Crippen LogP contribution in [-0.2, 0) is 28.4 Å². The Morgan fingerprint density at radius 3 is 2.53 bits per heavy atom. The minimum Gasteiger partial charge on any atom is -0.455 e. The molecule has 2 heterocycles. The number of esters is 1. The van der Waals surface area contributed by atoms with Crippen LogP contribution < -0.4 is 10.3 Å². The third-order valence-electron chi connectivity index (χ3n) is 5.91. The number of carbonyl (C=O) groups excluding carboxylic acids is 1. The zero-order valence-electron chi connectivity index (χ0n) is 20.2. The number of nitrogens with zero attached hydrogens (tertiary/aromatic N) is 3. The molecule has 38 heavy (non-hydrogen) atoms. The number of para-hydroxylation sites is 2. The molecule has 0 spiro atoms. The van der Waals surface area contributed by atoms with Gasteiger partial charge in [0.05, 0.1) is 32.2 Å². The first-order valence-corrected chi connectivity index (χ1v) is 14.0. The summed E-state index contributed by atoms with van der Waals surface area (Å²) < 4.78 is 38.2. The molecule has 0 aliphatic carbocycles. The molecule has 0 aliphatic rings. The first kappa shape index (κ1) is 25.7. The largest absolute Gasteiger partial charge is 0.455 e. The number of benzene rings is 3. The lowest BCUT2D eigenvalue weighted by Crippen LogP contribution is -2.23. The number of anilines is 1. The van der Waals surface area contributed by atoms with Crippen LogP contribution in [0.25, 0.3) is 15.9 Å². The van der Waals surface area contributed by atoms with Gasteiger partial charge in [-0.05, 0) is 49.4 Å². The lowest BCUT2D eigenvalue weighted by Gasteiger charge is -2.10. The number of nitrogens with one attached hydrogen (secondary N) is 1. The van der Waals surface area contributed by atoms with E-state index in [9.17, 15) is 18.0 Å². The minimum absolute atomic E-state index is 0.0117. The fourth-order valence-electron chi connectivity index (χ4n) is 3.90. The van der Waals surface area contributed by atoms with E-state index in [4.69, 9.17) is 16.3 Å². The van der Waals surface area contributed by atoms with Crippen molar-refractivity contribution >= 4 is 54.8 Å². The normalized spacial score (nSPS) is 11.6. The van der Waals surface area contributed by atoms with Crippen molar-refractivity contribution in [2.45, 2.75) is 18.4 Å². The molecule has 3 aromatic carbocycles. The molecule has 0 saturated heterocycles. The van der Waals surface area contributed by atoms with E-state index in [-0.39, 0.29) is 27.8 Å². The Bertz CT molecular complexity index is 1810. The number of ether oxygens (including phenoxy) is 1. The van der Waals surface area contributed by atoms with Crippen molar-refractivity contribution in [1.82, 2.24) is 14.3 Å². The molecule has 0 fully saturated rings. The summed E-state index contributed by atoms with van der Waals surface area (Å²) in [6, 6.07) is 20.2. The van der Waals surface area contributed by atoms with Gasteiger partial charge in [0.25, 0.3) is 15.6 Å². The topological polar surface area (TPSA) is 112 Å². The van der Waals surface area contributed by atoms with Crippen molar-refractivity contribution in [3.8, 4) is 5.69 Å². The van der Waals surface area contributed by atoms with Crippen LogP contribution in [0.4, 0.5) is 5.69 Å². The highest BCUT2D eigenvalue weighted by molar-refractivity contribution is 7.92. The van der Waals surface area contributed by atoms with E-state index in [0.29, 0.717) is 16.4 Å². The fraction of sp³-hybridized carbons (Fsp3) is 0.115. The minimum atomic E-state index is -4.34. The van der Waals surface area contributed by atoms with Crippen LogP contribution in [0.2, 0.25) is 5.02 Å². The molecule has 0 amide bonds. The van der Waals surface area contributed by atoms with Gasteiger partial charge >= 0.3 is 5.97 Å². The Labute approximate surface area is 226 Å². The summed E-state index contributed by atoms with van der Waals surface area (Å²) >= 11 is 7.61. The number of fused-ring (bicyclic) bond motifs is 1. The molecule has 12 heteroatoms. The second-order valence-corrected chi connectivity index (χ2v) is 11.5. The monoisotopic (exact) mass is 568 g/mol. The molecule has 5 rings (SSSR count). The number of rotatable bonds is 7. The van der Waals surface area contributed by atoms with Crippen LogP contribution in [0, 0.1) is 6.92 Å². The molecule has 0 unspecified atom stereocenters. The number of thiazole rings is 1. The number of aromatic nitrogens is 3. The van der Waals surface area contributed by atoms with E-state index in [1.54, 1.807) is 42.9 Å². The predicted octanol–water partition coefficient (Wildman–Crippen LogP) is 4.91. The van der Waals surface area contributed by atoms with Gasteiger partial charge in [-0.2, -0.15) is 0 Å². The molecule has 1 N–H and O–H groups in total. The van der Waals surface area contributed by atoms with Gasteiger partial charge in [0.15, 0.2) is 0 Å². The Morgan fingerprint density at radius 2 is 1.79 bits per heavy atom. The van der Waals surface area contributed by atoms with E-state index >= 15 is 0 Å². The van der Waals surface area contributed by atoms with Crippen molar-refractivity contribution in [1.29, 1.82) is 0 Å². The summed E-state index contributed by atoms with van der Waals surface area (Å²) in [6.07, 6.45) is 0. The third kappa shape index (κ3) is 4.83. The quantitative estimate of drug-likeness (QED) is 0.279. The summed E-state index contributed by atoms with van der Waals surface area (Å²) in [5.74, 6) is -0.736. The summed E-state index contributed by atoms with van der Waals surface area (Å²) in [5.41, 5.74) is 1.08. The third-order valence-corrected chi connectivity index (χ3v) is 8.75. The Morgan fingerprint density at radius 1 is 1.08 bits per heavy atom. The number of carbonyl (C=O) groups is 1. The molecule has 0 saturated carbocycles. The van der Waals surface area contributed by atoms with Crippen LogP contribution >= 0.6 is 22.9 Å². The number of hydrogen-bond donors (Lipinski definition) is 1. The second kappa shape index (κ2) is 10.1. The van der Waals surface area contributed by atoms with Gasteiger partial charge < -0.3 is 4.74 Å². The molecule has 0 bridgehead atoms. The van der Waals surface area contributed by atoms with E-state index < -0.39 is 21.6 Å². The van der Waals surface area contributed by atoms with Crippen molar-refractivity contribution in [2.75, 3.05) is 4.72 Å². The molecular formula is C26H21ClN4O5S2. The summed E-state index contributed by atoms with van der Waals surface area (Å²) in [5, 5.41) is 0.495. The first-order chi connectivity index (χ1) is 18.2. The predicted molar refractivity (Wildman–Crippen MR) is 147 cm³/mol. The van der Waals surface area contributed by atoms with Crippen molar-refractivity contribution in [2.24, 2.45) is 7.05 Å². The molecule has 0 aliphatic heterocycles. The standard InChI is InChI=1S/C26H21ClN4O5S2/c1-16-24(25(32)31(30(16)2)18-8-4-3-5-9-18)29-38(34,35)22-14-17(12-13-19(22)27)26(33)36-15-23-28-20-10-6-7-11-21(20)37-23/h3-14,29H,15H2,1-2H3. The lowest BCUT2D eigenvalue weighted by molar-refractivity contribution is 0.0472. The van der Waals surface area contributed by atoms with Crippen LogP contribution in [0.5, 0.6) is 0 Å². The SMILES string of the molecule is Cc1c(NS(=O)(=O)c2cc(C(=O)OCc3nc4ccccc4s3)ccc2Cl)c(=O)n(-c2ccccc2)n1C. The fourth-order valence-corrected chi connectivity index (χ4v) is 6.43. The van der Waals surface area contributed by atoms with Gasteiger partial charge in [0.1, 0.15) is 22.2 Å². The smallest absolute Gasteiger partial charge is 0.338 e. The summed E-state index contributed by atoms with van der Waals surface area (Å²) in [6.45, 7) is 1.56. The Balaban J connectivity index is 1.40. The van der Waals surface area contributed by atoms with Crippen LogP contribution in [0.1, 0.15) is 21.1 Å². The Hall–Kier alpha value is -3.93. The van der Waals surface area contributed by atoms with Gasteiger partial charge in [-0.3, -0.25) is 14.2 Å². The highest BCUT2D eigenvalue weighted by Crippen LogP contribution is 2.27.